The average Bonchev–Trinajstić information content (AvgIpc) is 2.78. The fourth-order valence-electron chi connectivity index (χ4n) is 2.20. The molecule has 6 heteroatoms. The van der Waals surface area contributed by atoms with Crippen molar-refractivity contribution >= 4 is 0 Å². The van der Waals surface area contributed by atoms with Crippen LogP contribution in [0.1, 0.15) is 35.5 Å². The van der Waals surface area contributed by atoms with Crippen molar-refractivity contribution in [3.8, 4) is 0 Å². The third-order valence-electron chi connectivity index (χ3n) is 3.48. The maximum absolute atomic E-state index is 12.5. The van der Waals surface area contributed by atoms with Crippen molar-refractivity contribution in [1.82, 2.24) is 9.78 Å². The molecule has 21 heavy (non-hydrogen) atoms. The van der Waals surface area contributed by atoms with Crippen LogP contribution in [0.5, 0.6) is 0 Å². The summed E-state index contributed by atoms with van der Waals surface area (Å²) in [6.45, 7) is 2.02. The van der Waals surface area contributed by atoms with Crippen molar-refractivity contribution < 1.29 is 13.2 Å². The molecule has 0 aliphatic heterocycles. The smallest absolute Gasteiger partial charge is 0.324 e. The quantitative estimate of drug-likeness (QED) is 0.941. The van der Waals surface area contributed by atoms with Gasteiger partial charge in [0.2, 0.25) is 0 Å². The Labute approximate surface area is 121 Å². The second-order valence-corrected chi connectivity index (χ2v) is 5.03. The van der Waals surface area contributed by atoms with E-state index < -0.39 is 11.7 Å². The van der Waals surface area contributed by atoms with Crippen LogP contribution >= 0.6 is 0 Å². The summed E-state index contributed by atoms with van der Waals surface area (Å²) in [4.78, 5) is 0. The minimum atomic E-state index is -4.32. The van der Waals surface area contributed by atoms with Gasteiger partial charge in [0.05, 0.1) is 11.3 Å². The average molecular weight is 297 g/mol. The highest BCUT2D eigenvalue weighted by Gasteiger charge is 2.30. The molecule has 0 fully saturated rings. The number of nitrogens with two attached hydrogens (primary N) is 1. The molecule has 1 atom stereocenters. The van der Waals surface area contributed by atoms with Crippen molar-refractivity contribution in [3.05, 3.63) is 52.8 Å². The third kappa shape index (κ3) is 3.64. The van der Waals surface area contributed by atoms with Crippen LogP contribution in [0.4, 0.5) is 13.2 Å². The molecule has 2 rings (SSSR count). The van der Waals surface area contributed by atoms with Crippen molar-refractivity contribution in [2.75, 3.05) is 0 Å². The molecule has 0 amide bonds. The minimum absolute atomic E-state index is 0.354. The number of aromatic nitrogens is 2. The van der Waals surface area contributed by atoms with E-state index in [0.29, 0.717) is 12.0 Å². The number of halogens is 3. The molecule has 3 nitrogen and oxygen atoms in total. The molecule has 1 heterocycles. The van der Waals surface area contributed by atoms with Crippen LogP contribution in [-0.4, -0.2) is 9.78 Å². The summed E-state index contributed by atoms with van der Waals surface area (Å²) in [6.07, 6.45) is -2.95. The molecule has 2 N–H and O–H groups in total. The van der Waals surface area contributed by atoms with Gasteiger partial charge in [-0.25, -0.2) is 0 Å². The zero-order chi connectivity index (χ0) is 15.6. The Morgan fingerprint density at radius 1 is 1.24 bits per heavy atom. The molecule has 0 saturated carbocycles. The van der Waals surface area contributed by atoms with Crippen LogP contribution in [-0.2, 0) is 26.1 Å². The van der Waals surface area contributed by atoms with E-state index in [0.717, 1.165) is 29.9 Å². The molecular weight excluding hydrogens is 279 g/mol. The van der Waals surface area contributed by atoms with Gasteiger partial charge < -0.3 is 5.73 Å². The first-order chi connectivity index (χ1) is 9.81. The lowest BCUT2D eigenvalue weighted by Crippen LogP contribution is -2.16. The molecule has 0 spiro atoms. The zero-order valence-electron chi connectivity index (χ0n) is 12.0. The summed E-state index contributed by atoms with van der Waals surface area (Å²) < 4.78 is 39.3. The maximum Gasteiger partial charge on any atom is 0.416 e. The predicted octanol–water partition coefficient (Wildman–Crippen LogP) is 3.24. The molecule has 0 bridgehead atoms. The van der Waals surface area contributed by atoms with Crippen LogP contribution in [0.2, 0.25) is 0 Å². The van der Waals surface area contributed by atoms with E-state index in [1.165, 1.54) is 12.1 Å². The topological polar surface area (TPSA) is 43.8 Å². The van der Waals surface area contributed by atoms with Gasteiger partial charge in [0.25, 0.3) is 0 Å². The van der Waals surface area contributed by atoms with E-state index in [4.69, 9.17) is 5.73 Å². The lowest BCUT2D eigenvalue weighted by molar-refractivity contribution is -0.137. The van der Waals surface area contributed by atoms with Gasteiger partial charge >= 0.3 is 6.18 Å². The van der Waals surface area contributed by atoms with Crippen LogP contribution in [0.3, 0.4) is 0 Å². The molecule has 0 aliphatic carbocycles. The number of aryl methyl sites for hydroxylation is 2. The van der Waals surface area contributed by atoms with Crippen LogP contribution in [0, 0.1) is 0 Å². The molecule has 1 unspecified atom stereocenters. The Balaban J connectivity index is 2.13. The summed E-state index contributed by atoms with van der Waals surface area (Å²) in [5, 5.41) is 4.33. The van der Waals surface area contributed by atoms with Crippen LogP contribution in [0.25, 0.3) is 0 Å². The van der Waals surface area contributed by atoms with Crippen molar-refractivity contribution in [2.45, 2.75) is 32.0 Å². The predicted molar refractivity (Wildman–Crippen MR) is 74.7 cm³/mol. The zero-order valence-corrected chi connectivity index (χ0v) is 12.0. The standard InChI is InChI=1S/C15H18F3N3/c1-3-12-8-13(21(2)20-12)9-14(19)10-4-6-11(7-5-10)15(16,17)18/h4-8,14H,3,9,19H2,1-2H3. The number of hydrogen-bond donors (Lipinski definition) is 1. The van der Waals surface area contributed by atoms with Gasteiger partial charge in [-0.2, -0.15) is 18.3 Å². The fourth-order valence-corrected chi connectivity index (χ4v) is 2.20. The Kier molecular flexibility index (Phi) is 4.37. The molecule has 2 aromatic rings. The van der Waals surface area contributed by atoms with E-state index in [2.05, 4.69) is 5.10 Å². The van der Waals surface area contributed by atoms with Crippen molar-refractivity contribution in [1.29, 1.82) is 0 Å². The normalized spacial score (nSPS) is 13.4. The SMILES string of the molecule is CCc1cc(CC(N)c2ccc(C(F)(F)F)cc2)n(C)n1. The van der Waals surface area contributed by atoms with E-state index in [1.807, 2.05) is 20.0 Å². The molecule has 1 aromatic heterocycles. The second-order valence-electron chi connectivity index (χ2n) is 5.03. The highest BCUT2D eigenvalue weighted by atomic mass is 19.4. The third-order valence-corrected chi connectivity index (χ3v) is 3.48. The highest BCUT2D eigenvalue weighted by molar-refractivity contribution is 5.27. The molecule has 114 valence electrons. The molecular formula is C15H18F3N3. The van der Waals surface area contributed by atoms with Gasteiger partial charge in [-0.1, -0.05) is 19.1 Å². The Hall–Kier alpha value is -1.82. The lowest BCUT2D eigenvalue weighted by atomic mass is 10.0. The van der Waals surface area contributed by atoms with E-state index >= 15 is 0 Å². The van der Waals surface area contributed by atoms with Crippen LogP contribution in [0.15, 0.2) is 30.3 Å². The Morgan fingerprint density at radius 3 is 2.33 bits per heavy atom. The second kappa shape index (κ2) is 5.89. The number of benzene rings is 1. The number of nitrogens with zero attached hydrogens (tertiary/aromatic N) is 2. The van der Waals surface area contributed by atoms with Crippen molar-refractivity contribution in [2.24, 2.45) is 12.8 Å². The van der Waals surface area contributed by atoms with Gasteiger partial charge in [-0.3, -0.25) is 4.68 Å². The lowest BCUT2D eigenvalue weighted by Gasteiger charge is -2.13. The Morgan fingerprint density at radius 2 is 1.86 bits per heavy atom. The monoisotopic (exact) mass is 297 g/mol. The Bertz CT molecular complexity index is 600. The van der Waals surface area contributed by atoms with Gasteiger partial charge in [0.15, 0.2) is 0 Å². The number of rotatable bonds is 4. The van der Waals surface area contributed by atoms with Crippen molar-refractivity contribution in [3.63, 3.8) is 0 Å². The maximum atomic E-state index is 12.5. The molecule has 1 aromatic carbocycles. The van der Waals surface area contributed by atoms with E-state index in [9.17, 15) is 13.2 Å². The molecule has 0 radical (unpaired) electrons. The van der Waals surface area contributed by atoms with E-state index in [-0.39, 0.29) is 6.04 Å². The first kappa shape index (κ1) is 15.6. The van der Waals surface area contributed by atoms with Gasteiger partial charge in [-0.05, 0) is 30.2 Å². The summed E-state index contributed by atoms with van der Waals surface area (Å²) in [6, 6.07) is 6.62. The first-order valence-corrected chi connectivity index (χ1v) is 6.75. The molecule has 0 saturated heterocycles. The largest absolute Gasteiger partial charge is 0.416 e. The van der Waals surface area contributed by atoms with E-state index in [1.54, 1.807) is 4.68 Å². The van der Waals surface area contributed by atoms with Gasteiger partial charge in [0, 0.05) is 25.2 Å². The summed E-state index contributed by atoms with van der Waals surface area (Å²) in [7, 11) is 1.84. The summed E-state index contributed by atoms with van der Waals surface area (Å²) in [5.74, 6) is 0. The summed E-state index contributed by atoms with van der Waals surface area (Å²) >= 11 is 0. The van der Waals surface area contributed by atoms with Gasteiger partial charge in [0.1, 0.15) is 0 Å². The first-order valence-electron chi connectivity index (χ1n) is 6.75. The highest BCUT2D eigenvalue weighted by Crippen LogP contribution is 2.30. The van der Waals surface area contributed by atoms with Crippen LogP contribution < -0.4 is 5.73 Å². The fraction of sp³-hybridized carbons (Fsp3) is 0.400. The van der Waals surface area contributed by atoms with Gasteiger partial charge in [-0.15, -0.1) is 0 Å². The number of alkyl halides is 3. The minimum Gasteiger partial charge on any atom is -0.324 e. The molecule has 0 aliphatic rings. The summed E-state index contributed by atoms with van der Waals surface area (Å²) in [5.41, 5.74) is 8.06. The number of hydrogen-bond acceptors (Lipinski definition) is 2.